The van der Waals surface area contributed by atoms with Crippen LogP contribution >= 0.6 is 12.4 Å². The summed E-state index contributed by atoms with van der Waals surface area (Å²) in [6.45, 7) is 5.99. The van der Waals surface area contributed by atoms with E-state index in [0.717, 1.165) is 6.42 Å². The largest absolute Gasteiger partial charge is 0.480 e. The van der Waals surface area contributed by atoms with Crippen molar-refractivity contribution in [3.63, 3.8) is 0 Å². The minimum Gasteiger partial charge on any atom is -0.480 e. The lowest BCUT2D eigenvalue weighted by Crippen LogP contribution is -2.41. The molecule has 0 aromatic rings. The zero-order valence-electron chi connectivity index (χ0n) is 12.6. The molecule has 0 aliphatic carbocycles. The van der Waals surface area contributed by atoms with Crippen LogP contribution in [0.4, 0.5) is 4.79 Å². The van der Waals surface area contributed by atoms with Gasteiger partial charge in [0.25, 0.3) is 5.91 Å². The number of rotatable bonds is 8. The maximum absolute atomic E-state index is 11.9. The Balaban J connectivity index is 0.00000400. The zero-order chi connectivity index (χ0) is 15.3. The monoisotopic (exact) mass is 321 g/mol. The highest BCUT2D eigenvalue weighted by atomic mass is 35.5. The first-order valence-electron chi connectivity index (χ1n) is 6.90. The van der Waals surface area contributed by atoms with Gasteiger partial charge in [-0.2, -0.15) is 0 Å². The van der Waals surface area contributed by atoms with Crippen molar-refractivity contribution in [3.8, 4) is 0 Å². The summed E-state index contributed by atoms with van der Waals surface area (Å²) in [7, 11) is 0. The molecule has 21 heavy (non-hydrogen) atoms. The topological polar surface area (TPSA) is 98.7 Å². The normalized spacial score (nSPS) is 18.1. The first-order valence-corrected chi connectivity index (χ1v) is 6.90. The summed E-state index contributed by atoms with van der Waals surface area (Å²) in [4.78, 5) is 35.6. The summed E-state index contributed by atoms with van der Waals surface area (Å²) in [6, 6.07) is -0.956. The number of hydrogen-bond donors (Lipinski definition) is 3. The molecule has 122 valence electrons. The SMILES string of the molecule is CCCC(NCCCN1C(=O)NC(C)(C)C1=O)C(=O)O.Cl. The molecule has 0 spiro atoms. The van der Waals surface area contributed by atoms with Crippen LogP contribution in [0.1, 0.15) is 40.0 Å². The Morgan fingerprint density at radius 2 is 2.05 bits per heavy atom. The van der Waals surface area contributed by atoms with Gasteiger partial charge in [0.1, 0.15) is 11.6 Å². The van der Waals surface area contributed by atoms with Crippen molar-refractivity contribution in [2.75, 3.05) is 13.1 Å². The molecule has 1 unspecified atom stereocenters. The van der Waals surface area contributed by atoms with Gasteiger partial charge in [-0.05, 0) is 33.2 Å². The van der Waals surface area contributed by atoms with E-state index < -0.39 is 17.6 Å². The number of carboxylic acid groups (broad SMARTS) is 1. The molecular formula is C13H24ClN3O4. The van der Waals surface area contributed by atoms with Crippen molar-refractivity contribution in [1.82, 2.24) is 15.5 Å². The lowest BCUT2D eigenvalue weighted by atomic mass is 10.1. The van der Waals surface area contributed by atoms with Crippen LogP contribution in [0.3, 0.4) is 0 Å². The van der Waals surface area contributed by atoms with Crippen LogP contribution in [0, 0.1) is 0 Å². The molecule has 1 rings (SSSR count). The number of imide groups is 1. The Kier molecular flexibility index (Phi) is 7.67. The molecule has 3 N–H and O–H groups in total. The summed E-state index contributed by atoms with van der Waals surface area (Å²) < 4.78 is 0. The van der Waals surface area contributed by atoms with Crippen molar-refractivity contribution < 1.29 is 19.5 Å². The molecule has 1 aliphatic rings. The van der Waals surface area contributed by atoms with Gasteiger partial charge in [-0.1, -0.05) is 13.3 Å². The smallest absolute Gasteiger partial charge is 0.325 e. The van der Waals surface area contributed by atoms with E-state index in [1.165, 1.54) is 4.90 Å². The Morgan fingerprint density at radius 1 is 1.43 bits per heavy atom. The van der Waals surface area contributed by atoms with Gasteiger partial charge in [-0.3, -0.25) is 14.5 Å². The lowest BCUT2D eigenvalue weighted by Gasteiger charge is -2.17. The van der Waals surface area contributed by atoms with Gasteiger partial charge in [0, 0.05) is 6.54 Å². The van der Waals surface area contributed by atoms with Crippen molar-refractivity contribution in [3.05, 3.63) is 0 Å². The number of nitrogens with one attached hydrogen (secondary N) is 2. The number of carbonyl (C=O) groups excluding carboxylic acids is 2. The highest BCUT2D eigenvalue weighted by molar-refractivity contribution is 6.06. The molecule has 0 aromatic heterocycles. The number of carbonyl (C=O) groups is 3. The number of carboxylic acids is 1. The fourth-order valence-corrected chi connectivity index (χ4v) is 2.14. The maximum Gasteiger partial charge on any atom is 0.325 e. The van der Waals surface area contributed by atoms with Crippen LogP contribution in [0.2, 0.25) is 0 Å². The number of aliphatic carboxylic acids is 1. The van der Waals surface area contributed by atoms with Gasteiger partial charge in [0.15, 0.2) is 0 Å². The number of hydrogen-bond acceptors (Lipinski definition) is 4. The Bertz CT molecular complexity index is 401. The molecule has 8 heteroatoms. The third-order valence-electron chi connectivity index (χ3n) is 3.27. The Hall–Kier alpha value is -1.34. The standard InChI is InChI=1S/C13H23N3O4.ClH/c1-4-6-9(10(17)18)14-7-5-8-16-11(19)13(2,3)15-12(16)20;/h9,14H,4-8H2,1-3H3,(H,15,20)(H,17,18);1H. The van der Waals surface area contributed by atoms with Crippen LogP contribution in [0.25, 0.3) is 0 Å². The highest BCUT2D eigenvalue weighted by Crippen LogP contribution is 2.16. The Labute approximate surface area is 130 Å². The first kappa shape index (κ1) is 19.7. The molecule has 0 bridgehead atoms. The van der Waals surface area contributed by atoms with Gasteiger partial charge in [0.2, 0.25) is 0 Å². The van der Waals surface area contributed by atoms with Gasteiger partial charge in [0.05, 0.1) is 0 Å². The fraction of sp³-hybridized carbons (Fsp3) is 0.769. The van der Waals surface area contributed by atoms with Crippen LogP contribution in [0.15, 0.2) is 0 Å². The lowest BCUT2D eigenvalue weighted by molar-refractivity contribution is -0.139. The van der Waals surface area contributed by atoms with Crippen LogP contribution < -0.4 is 10.6 Å². The van der Waals surface area contributed by atoms with E-state index in [2.05, 4.69) is 10.6 Å². The molecule has 7 nitrogen and oxygen atoms in total. The van der Waals surface area contributed by atoms with Gasteiger partial charge in [-0.25, -0.2) is 4.79 Å². The third-order valence-corrected chi connectivity index (χ3v) is 3.27. The Morgan fingerprint density at radius 3 is 2.48 bits per heavy atom. The average molecular weight is 322 g/mol. The molecule has 1 atom stereocenters. The molecule has 1 heterocycles. The predicted molar refractivity (Wildman–Crippen MR) is 80.5 cm³/mol. The molecule has 1 saturated heterocycles. The molecule has 0 aromatic carbocycles. The van der Waals surface area contributed by atoms with Crippen molar-refractivity contribution in [2.45, 2.75) is 51.6 Å². The van der Waals surface area contributed by atoms with Crippen LogP contribution in [-0.2, 0) is 9.59 Å². The van der Waals surface area contributed by atoms with Crippen LogP contribution in [-0.4, -0.2) is 52.6 Å². The van der Waals surface area contributed by atoms with Crippen molar-refractivity contribution in [1.29, 1.82) is 0 Å². The van der Waals surface area contributed by atoms with E-state index in [9.17, 15) is 14.4 Å². The summed E-state index contributed by atoms with van der Waals surface area (Å²) >= 11 is 0. The second kappa shape index (κ2) is 8.19. The van der Waals surface area contributed by atoms with Crippen molar-refractivity contribution in [2.24, 2.45) is 0 Å². The average Bonchev–Trinajstić information content (AvgIpc) is 2.54. The minimum atomic E-state index is -0.872. The number of urea groups is 1. The predicted octanol–water partition coefficient (Wildman–Crippen LogP) is 0.972. The quantitative estimate of drug-likeness (QED) is 0.457. The molecule has 1 aliphatic heterocycles. The van der Waals surface area contributed by atoms with E-state index in [4.69, 9.17) is 5.11 Å². The summed E-state index contributed by atoms with van der Waals surface area (Å²) in [5.74, 6) is -1.12. The molecule has 1 fully saturated rings. The molecular weight excluding hydrogens is 298 g/mol. The third kappa shape index (κ3) is 5.17. The van der Waals surface area contributed by atoms with Crippen LogP contribution in [0.5, 0.6) is 0 Å². The molecule has 0 saturated carbocycles. The van der Waals surface area contributed by atoms with Gasteiger partial charge in [-0.15, -0.1) is 12.4 Å². The van der Waals surface area contributed by atoms with E-state index >= 15 is 0 Å². The first-order chi connectivity index (χ1) is 9.29. The summed E-state index contributed by atoms with van der Waals surface area (Å²) in [6.07, 6.45) is 1.87. The van der Waals surface area contributed by atoms with E-state index in [-0.39, 0.29) is 24.3 Å². The van der Waals surface area contributed by atoms with E-state index in [0.29, 0.717) is 25.9 Å². The minimum absolute atomic E-state index is 0. The van der Waals surface area contributed by atoms with Gasteiger partial charge < -0.3 is 15.7 Å². The molecule has 0 radical (unpaired) electrons. The zero-order valence-corrected chi connectivity index (χ0v) is 13.5. The highest BCUT2D eigenvalue weighted by Gasteiger charge is 2.43. The van der Waals surface area contributed by atoms with Crippen molar-refractivity contribution >= 4 is 30.3 Å². The fourth-order valence-electron chi connectivity index (χ4n) is 2.14. The maximum atomic E-state index is 11.9. The number of amides is 3. The molecule has 3 amide bonds. The number of nitrogens with zero attached hydrogens (tertiary/aromatic N) is 1. The van der Waals surface area contributed by atoms with E-state index in [1.807, 2.05) is 6.92 Å². The van der Waals surface area contributed by atoms with Gasteiger partial charge >= 0.3 is 12.0 Å². The van der Waals surface area contributed by atoms with E-state index in [1.54, 1.807) is 13.8 Å². The summed E-state index contributed by atoms with van der Waals surface area (Å²) in [5, 5.41) is 14.5. The second-order valence-corrected chi connectivity index (χ2v) is 5.50. The number of halogens is 1. The second-order valence-electron chi connectivity index (χ2n) is 5.50. The summed E-state index contributed by atoms with van der Waals surface area (Å²) in [5.41, 5.74) is -0.851.